The van der Waals surface area contributed by atoms with Crippen LogP contribution in [0.2, 0.25) is 0 Å². The van der Waals surface area contributed by atoms with Crippen molar-refractivity contribution in [2.45, 2.75) is 106 Å². The summed E-state index contributed by atoms with van der Waals surface area (Å²) in [5.41, 5.74) is 0. The van der Waals surface area contributed by atoms with Gasteiger partial charge in [-0.3, -0.25) is 0 Å². The van der Waals surface area contributed by atoms with Gasteiger partial charge in [-0.2, -0.15) is 0 Å². The van der Waals surface area contributed by atoms with Crippen LogP contribution >= 0.6 is 0 Å². The zero-order valence-electron chi connectivity index (χ0n) is 18.0. The van der Waals surface area contributed by atoms with Crippen LogP contribution in [-0.4, -0.2) is 135 Å². The van der Waals surface area contributed by atoms with Gasteiger partial charge in [0.25, 0.3) is 0 Å². The number of hydrogen-bond acceptors (Lipinski definition) is 15. The van der Waals surface area contributed by atoms with E-state index in [1.54, 1.807) is 0 Å². The second-order valence-electron chi connectivity index (χ2n) is 8.61. The van der Waals surface area contributed by atoms with Crippen molar-refractivity contribution in [2.75, 3.05) is 6.61 Å². The Labute approximate surface area is 205 Å². The molecule has 9 N–H and O–H groups in total. The molecule has 0 aromatic rings. The van der Waals surface area contributed by atoms with Crippen LogP contribution in [0.1, 0.15) is 13.3 Å². The van der Waals surface area contributed by atoms with Crippen molar-refractivity contribution >= 4 is 0 Å². The van der Waals surface area contributed by atoms with E-state index in [-0.39, 0.29) is 6.42 Å². The van der Waals surface area contributed by atoms with Gasteiger partial charge >= 0.3 is 159 Å². The number of nitrogens with two attached hydrogens (primary N) is 1. The number of aliphatic hydroxyl groups excluding tert-OH is 7. The van der Waals surface area contributed by atoms with Crippen molar-refractivity contribution in [2.24, 2.45) is 3.95 Å². The summed E-state index contributed by atoms with van der Waals surface area (Å²) in [4.78, 5) is 0. The second-order valence-corrected chi connectivity index (χ2v) is 9.62. The Morgan fingerprint density at radius 3 is 2.24 bits per heavy atom. The van der Waals surface area contributed by atoms with E-state index < -0.39 is 121 Å². The predicted molar refractivity (Wildman–Crippen MR) is 99.3 cm³/mol. The van der Waals surface area contributed by atoms with Crippen LogP contribution in [0.25, 0.3) is 0 Å². The van der Waals surface area contributed by atoms with Gasteiger partial charge in [-0.05, 0) is 6.92 Å². The quantitative estimate of drug-likeness (QED) is 0.0758. The molecule has 4 saturated heterocycles. The maximum absolute atomic E-state index is 10.9. The standard InChI is InChI=1S/C18H31INO14/c1-4-8(23)9(24)5(22)2-7(28-4)30-14-12(27)16(33-18-15(14)32-18)31-13-6(3-21)29-17(34-19-20)11(26)10(13)25/h4-18,21-27H,2-3,20H2,1H3/q-1/t4?,5-,6?,7?,8+,9?,10?,11?,12+,13-,14?,15-,16+,17+,18?/m1/s1. The van der Waals surface area contributed by atoms with Gasteiger partial charge in [0.1, 0.15) is 12.2 Å². The number of ether oxygens (including phenoxy) is 6. The first kappa shape index (κ1) is 27.2. The van der Waals surface area contributed by atoms with Gasteiger partial charge in [0, 0.05) is 0 Å². The average molecular weight is 612 g/mol. The van der Waals surface area contributed by atoms with Gasteiger partial charge in [-0.15, -0.1) is 0 Å². The number of aliphatic hydroxyl groups is 7. The molecule has 200 valence electrons. The summed E-state index contributed by atoms with van der Waals surface area (Å²) in [6.45, 7) is 0.901. The molecule has 0 saturated carbocycles. The normalized spacial score (nSPS) is 53.9. The number of epoxide rings is 1. The number of fused-ring (bicyclic) bond motifs is 1. The predicted octanol–water partition coefficient (Wildman–Crippen LogP) is -8.25. The first-order valence-corrected chi connectivity index (χ1v) is 12.9. The summed E-state index contributed by atoms with van der Waals surface area (Å²) >= 11 is -1.24. The van der Waals surface area contributed by atoms with E-state index in [2.05, 4.69) is 0 Å². The second kappa shape index (κ2) is 11.3. The molecular formula is C18H31INO14-. The third-order valence-corrected chi connectivity index (χ3v) is 7.07. The zero-order valence-corrected chi connectivity index (χ0v) is 20.2. The fraction of sp³-hybridized carbons (Fsp3) is 1.00. The Hall–Kier alpha value is 0.130. The Morgan fingerprint density at radius 2 is 1.56 bits per heavy atom. The van der Waals surface area contributed by atoms with Gasteiger partial charge in [-0.25, -0.2) is 0 Å². The fourth-order valence-electron chi connectivity index (χ4n) is 4.26. The van der Waals surface area contributed by atoms with Crippen LogP contribution in [-0.2, 0) is 31.5 Å². The molecule has 34 heavy (non-hydrogen) atoms. The summed E-state index contributed by atoms with van der Waals surface area (Å²) in [7, 11) is 0. The Balaban J connectivity index is 1.43. The molecule has 0 radical (unpaired) electrons. The van der Waals surface area contributed by atoms with Crippen molar-refractivity contribution < 1.29 is 89.1 Å². The molecule has 0 aliphatic carbocycles. The van der Waals surface area contributed by atoms with E-state index in [1.165, 1.54) is 6.92 Å². The first-order chi connectivity index (χ1) is 16.2. The van der Waals surface area contributed by atoms with E-state index in [0.29, 0.717) is 0 Å². The summed E-state index contributed by atoms with van der Waals surface area (Å²) in [6, 6.07) is 0. The van der Waals surface area contributed by atoms with Gasteiger partial charge in [0.2, 0.25) is 0 Å². The van der Waals surface area contributed by atoms with Crippen molar-refractivity contribution in [3.8, 4) is 0 Å². The van der Waals surface area contributed by atoms with Crippen LogP contribution in [0, 0.1) is 0 Å². The summed E-state index contributed by atoms with van der Waals surface area (Å²) < 4.78 is 44.0. The van der Waals surface area contributed by atoms with Crippen LogP contribution in [0.3, 0.4) is 0 Å². The third-order valence-electron chi connectivity index (χ3n) is 6.28. The van der Waals surface area contributed by atoms with E-state index in [4.69, 9.17) is 35.4 Å². The molecule has 4 heterocycles. The SMILES string of the molecule is CC1OC(OC2[C@H]3OC3O[C@H](O[C@@H]3C(CO)O[C@@H](O[I-]N)C(O)C3O)[C@H]2O)C[C@@H](O)C(O)[C@H]1O. The molecule has 0 spiro atoms. The van der Waals surface area contributed by atoms with E-state index >= 15 is 0 Å². The number of hydrogen-bond donors (Lipinski definition) is 8. The Kier molecular flexibility index (Phi) is 8.99. The molecule has 0 aromatic carbocycles. The minimum atomic E-state index is -1.57. The van der Waals surface area contributed by atoms with Gasteiger partial charge < -0.3 is 15.3 Å². The minimum Gasteiger partial charge on any atom is -0.390 e. The molecule has 8 unspecified atom stereocenters. The molecule has 4 rings (SSSR count). The van der Waals surface area contributed by atoms with Crippen molar-refractivity contribution in [1.29, 1.82) is 0 Å². The molecular weight excluding hydrogens is 581 g/mol. The topological polar surface area (TPSA) is 236 Å². The fourth-order valence-corrected chi connectivity index (χ4v) is 4.97. The summed E-state index contributed by atoms with van der Waals surface area (Å²) in [5, 5.41) is 71.4. The third kappa shape index (κ3) is 5.52. The van der Waals surface area contributed by atoms with Gasteiger partial charge in [0.15, 0.2) is 0 Å². The average Bonchev–Trinajstić information content (AvgIpc) is 3.59. The van der Waals surface area contributed by atoms with Crippen molar-refractivity contribution in [3.63, 3.8) is 0 Å². The number of halogens is 1. The van der Waals surface area contributed by atoms with Crippen LogP contribution in [0.15, 0.2) is 0 Å². The van der Waals surface area contributed by atoms with Crippen LogP contribution in [0.5, 0.6) is 0 Å². The van der Waals surface area contributed by atoms with Crippen LogP contribution < -0.4 is 25.8 Å². The maximum atomic E-state index is 10.9. The Morgan fingerprint density at radius 1 is 0.824 bits per heavy atom. The molecule has 4 aliphatic heterocycles. The smallest absolute Gasteiger partial charge is 0.390 e. The minimum absolute atomic E-state index is 0.186. The summed E-state index contributed by atoms with van der Waals surface area (Å²) in [6.07, 6.45) is -18.5. The monoisotopic (exact) mass is 612 g/mol. The van der Waals surface area contributed by atoms with E-state index in [1.807, 2.05) is 0 Å². The molecule has 4 aliphatic rings. The zero-order chi connectivity index (χ0) is 24.7. The first-order valence-electron chi connectivity index (χ1n) is 10.8. The van der Waals surface area contributed by atoms with E-state index in [0.717, 1.165) is 0 Å². The molecule has 0 bridgehead atoms. The van der Waals surface area contributed by atoms with E-state index in [9.17, 15) is 35.7 Å². The van der Waals surface area contributed by atoms with Gasteiger partial charge in [0.05, 0.1) is 12.2 Å². The molecule has 4 fully saturated rings. The molecule has 0 amide bonds. The Bertz CT molecular complexity index is 663. The van der Waals surface area contributed by atoms with Crippen molar-refractivity contribution in [3.05, 3.63) is 0 Å². The molecule has 0 aromatic heterocycles. The summed E-state index contributed by atoms with van der Waals surface area (Å²) in [5.74, 6) is 0. The molecule has 15 nitrogen and oxygen atoms in total. The molecule has 16 heteroatoms. The molecule has 15 atom stereocenters. The van der Waals surface area contributed by atoms with Gasteiger partial charge in [-0.1, -0.05) is 0 Å². The van der Waals surface area contributed by atoms with Crippen LogP contribution in [0.4, 0.5) is 0 Å². The number of rotatable bonds is 7. The van der Waals surface area contributed by atoms with Crippen molar-refractivity contribution in [1.82, 2.24) is 0 Å².